The number of hydrogen-bond donors (Lipinski definition) is 1. The van der Waals surface area contributed by atoms with E-state index in [1.54, 1.807) is 49.4 Å². The zero-order chi connectivity index (χ0) is 29.6. The van der Waals surface area contributed by atoms with Crippen molar-refractivity contribution in [1.29, 1.82) is 0 Å². The first-order valence-electron chi connectivity index (χ1n) is 13.4. The first-order chi connectivity index (χ1) is 19.5. The second-order valence-corrected chi connectivity index (χ2v) is 13.3. The van der Waals surface area contributed by atoms with Gasteiger partial charge in [0, 0.05) is 27.7 Å². The summed E-state index contributed by atoms with van der Waals surface area (Å²) < 4.78 is 28.7. The first kappa shape index (κ1) is 31.2. The molecule has 1 saturated carbocycles. The summed E-state index contributed by atoms with van der Waals surface area (Å²) in [5, 5.41) is 4.25. The molecule has 1 aliphatic rings. The van der Waals surface area contributed by atoms with Crippen molar-refractivity contribution in [3.8, 4) is 0 Å². The average molecular weight is 637 g/mol. The van der Waals surface area contributed by atoms with Crippen molar-refractivity contribution in [3.05, 3.63) is 93.4 Å². The standard InChI is InChI=1S/C30H32Cl3N3O4S/c1-21(30(38)34-26-10-3-2-4-11-26)35(19-22-7-5-8-24(32)17-22)29(37)20-36(27-12-6-9-25(33)18-27)41(39,40)28-15-13-23(31)14-16-28/h5-9,12-18,21,26H,2-4,10-11,19-20H2,1H3,(H,34,38)/t21-/m0/s1. The third-order valence-corrected chi connectivity index (χ3v) is 9.65. The zero-order valence-corrected chi connectivity index (χ0v) is 25.7. The van der Waals surface area contributed by atoms with Crippen LogP contribution in [-0.4, -0.2) is 43.8 Å². The fourth-order valence-electron chi connectivity index (χ4n) is 4.88. The lowest BCUT2D eigenvalue weighted by atomic mass is 9.95. The molecule has 3 aromatic rings. The molecule has 11 heteroatoms. The Hall–Kier alpha value is -2.78. The highest BCUT2D eigenvalue weighted by molar-refractivity contribution is 7.92. The summed E-state index contributed by atoms with van der Waals surface area (Å²) in [6.45, 7) is 1.15. The van der Waals surface area contributed by atoms with Crippen LogP contribution < -0.4 is 9.62 Å². The van der Waals surface area contributed by atoms with Crippen LogP contribution >= 0.6 is 34.8 Å². The van der Waals surface area contributed by atoms with E-state index in [1.165, 1.54) is 35.2 Å². The van der Waals surface area contributed by atoms with Gasteiger partial charge in [0.25, 0.3) is 10.0 Å². The van der Waals surface area contributed by atoms with E-state index in [0.29, 0.717) is 20.6 Å². The third-order valence-electron chi connectivity index (χ3n) is 7.14. The quantitative estimate of drug-likeness (QED) is 0.268. The molecular weight excluding hydrogens is 605 g/mol. The smallest absolute Gasteiger partial charge is 0.264 e. The van der Waals surface area contributed by atoms with Crippen LogP contribution in [0.5, 0.6) is 0 Å². The fraction of sp³-hybridized carbons (Fsp3) is 0.333. The van der Waals surface area contributed by atoms with Gasteiger partial charge in [-0.15, -0.1) is 0 Å². The monoisotopic (exact) mass is 635 g/mol. The second-order valence-electron chi connectivity index (χ2n) is 10.1. The van der Waals surface area contributed by atoms with E-state index in [4.69, 9.17) is 34.8 Å². The van der Waals surface area contributed by atoms with Gasteiger partial charge >= 0.3 is 0 Å². The number of carbonyl (C=O) groups is 2. The van der Waals surface area contributed by atoms with Crippen LogP contribution in [0.1, 0.15) is 44.6 Å². The van der Waals surface area contributed by atoms with Crippen molar-refractivity contribution < 1.29 is 18.0 Å². The molecule has 0 bridgehead atoms. The molecule has 4 rings (SSSR count). The van der Waals surface area contributed by atoms with Gasteiger partial charge in [-0.25, -0.2) is 8.42 Å². The second kappa shape index (κ2) is 13.9. The van der Waals surface area contributed by atoms with Crippen LogP contribution in [0.25, 0.3) is 0 Å². The molecule has 1 N–H and O–H groups in total. The molecule has 2 amide bonds. The van der Waals surface area contributed by atoms with Crippen LogP contribution in [0.2, 0.25) is 15.1 Å². The van der Waals surface area contributed by atoms with E-state index in [1.807, 2.05) is 0 Å². The Morgan fingerprint density at radius 3 is 2.15 bits per heavy atom. The Bertz CT molecular complexity index is 1480. The van der Waals surface area contributed by atoms with Gasteiger partial charge in [-0.2, -0.15) is 0 Å². The van der Waals surface area contributed by atoms with E-state index in [9.17, 15) is 18.0 Å². The lowest BCUT2D eigenvalue weighted by Gasteiger charge is -2.33. The van der Waals surface area contributed by atoms with Gasteiger partial charge in [0.1, 0.15) is 12.6 Å². The molecule has 0 spiro atoms. The largest absolute Gasteiger partial charge is 0.352 e. The lowest BCUT2D eigenvalue weighted by Crippen LogP contribution is -2.53. The Morgan fingerprint density at radius 2 is 1.51 bits per heavy atom. The Morgan fingerprint density at radius 1 is 0.878 bits per heavy atom. The number of halogens is 3. The van der Waals surface area contributed by atoms with Crippen molar-refractivity contribution in [1.82, 2.24) is 10.2 Å². The first-order valence-corrected chi connectivity index (χ1v) is 16.0. The summed E-state index contributed by atoms with van der Waals surface area (Å²) in [7, 11) is -4.22. The molecule has 0 radical (unpaired) electrons. The molecular formula is C30H32Cl3N3O4S. The van der Waals surface area contributed by atoms with Gasteiger partial charge in [-0.05, 0) is 79.9 Å². The normalized spacial score (nSPS) is 14.7. The minimum Gasteiger partial charge on any atom is -0.352 e. The highest BCUT2D eigenvalue weighted by Crippen LogP contribution is 2.28. The average Bonchev–Trinajstić information content (AvgIpc) is 2.95. The van der Waals surface area contributed by atoms with Crippen LogP contribution in [0.15, 0.2) is 77.7 Å². The van der Waals surface area contributed by atoms with Gasteiger partial charge in [0.2, 0.25) is 11.8 Å². The number of sulfonamides is 1. The SMILES string of the molecule is C[C@@H](C(=O)NC1CCCCC1)N(Cc1cccc(Cl)c1)C(=O)CN(c1cccc(Cl)c1)S(=O)(=O)c1ccc(Cl)cc1. The highest BCUT2D eigenvalue weighted by atomic mass is 35.5. The van der Waals surface area contributed by atoms with Crippen molar-refractivity contribution >= 4 is 62.3 Å². The van der Waals surface area contributed by atoms with Crippen molar-refractivity contribution in [2.24, 2.45) is 0 Å². The van der Waals surface area contributed by atoms with Gasteiger partial charge in [0.15, 0.2) is 0 Å². The number of carbonyl (C=O) groups excluding carboxylic acids is 2. The summed E-state index contributed by atoms with van der Waals surface area (Å²) in [4.78, 5) is 28.7. The summed E-state index contributed by atoms with van der Waals surface area (Å²) in [5.74, 6) is -0.851. The lowest BCUT2D eigenvalue weighted by molar-refractivity contribution is -0.139. The van der Waals surface area contributed by atoms with Crippen molar-refractivity contribution in [2.75, 3.05) is 10.8 Å². The van der Waals surface area contributed by atoms with Crippen LogP contribution in [0, 0.1) is 0 Å². The van der Waals surface area contributed by atoms with E-state index >= 15 is 0 Å². The van der Waals surface area contributed by atoms with Crippen LogP contribution in [0.4, 0.5) is 5.69 Å². The maximum Gasteiger partial charge on any atom is 0.264 e. The minimum atomic E-state index is -4.22. The number of nitrogens with zero attached hydrogens (tertiary/aromatic N) is 2. The summed E-state index contributed by atoms with van der Waals surface area (Å²) in [6, 6.07) is 18.1. The van der Waals surface area contributed by atoms with Crippen molar-refractivity contribution in [2.45, 2.75) is 62.6 Å². The number of rotatable bonds is 10. The maximum atomic E-state index is 14.0. The minimum absolute atomic E-state index is 0.0424. The molecule has 0 unspecified atom stereocenters. The predicted octanol–water partition coefficient (Wildman–Crippen LogP) is 6.71. The van der Waals surface area contributed by atoms with E-state index in [-0.39, 0.29) is 29.1 Å². The molecule has 1 fully saturated rings. The highest BCUT2D eigenvalue weighted by Gasteiger charge is 2.33. The molecule has 1 aliphatic carbocycles. The van der Waals surface area contributed by atoms with Gasteiger partial charge in [-0.1, -0.05) is 72.3 Å². The van der Waals surface area contributed by atoms with Gasteiger partial charge in [0.05, 0.1) is 10.6 Å². The molecule has 41 heavy (non-hydrogen) atoms. The van der Waals surface area contributed by atoms with E-state index in [2.05, 4.69) is 5.32 Å². The topological polar surface area (TPSA) is 86.8 Å². The fourth-order valence-corrected chi connectivity index (χ4v) is 6.81. The summed E-state index contributed by atoms with van der Waals surface area (Å²) >= 11 is 18.4. The van der Waals surface area contributed by atoms with Crippen LogP contribution in [0.3, 0.4) is 0 Å². The molecule has 0 aromatic heterocycles. The Kier molecular flexibility index (Phi) is 10.6. The van der Waals surface area contributed by atoms with Crippen molar-refractivity contribution in [3.63, 3.8) is 0 Å². The summed E-state index contributed by atoms with van der Waals surface area (Å²) in [5.41, 5.74) is 0.917. The van der Waals surface area contributed by atoms with Gasteiger partial charge in [-0.3, -0.25) is 13.9 Å². The molecule has 0 saturated heterocycles. The predicted molar refractivity (Wildman–Crippen MR) is 164 cm³/mol. The number of hydrogen-bond acceptors (Lipinski definition) is 4. The van der Waals surface area contributed by atoms with E-state index in [0.717, 1.165) is 36.4 Å². The number of anilines is 1. The molecule has 1 atom stereocenters. The number of nitrogens with one attached hydrogen (secondary N) is 1. The van der Waals surface area contributed by atoms with Gasteiger partial charge < -0.3 is 10.2 Å². The number of amides is 2. The maximum absolute atomic E-state index is 14.0. The number of benzene rings is 3. The van der Waals surface area contributed by atoms with E-state index < -0.39 is 28.5 Å². The third kappa shape index (κ3) is 8.16. The molecule has 3 aromatic carbocycles. The molecule has 0 heterocycles. The summed E-state index contributed by atoms with van der Waals surface area (Å²) in [6.07, 6.45) is 5.01. The Labute approximate surface area is 256 Å². The Balaban J connectivity index is 1.68. The van der Waals surface area contributed by atoms with Crippen LogP contribution in [-0.2, 0) is 26.2 Å². The zero-order valence-electron chi connectivity index (χ0n) is 22.6. The molecule has 7 nitrogen and oxygen atoms in total. The molecule has 218 valence electrons. The molecule has 0 aliphatic heterocycles.